The molecule has 0 unspecified atom stereocenters. The Morgan fingerprint density at radius 2 is 1.76 bits per heavy atom. The Morgan fingerprint density at radius 1 is 1.00 bits per heavy atom. The molecule has 8 heteroatoms. The Balaban J connectivity index is 1.22. The van der Waals surface area contributed by atoms with Crippen LogP contribution in [0.5, 0.6) is 0 Å². The number of nitrogens with zero attached hydrogens (tertiary/aromatic N) is 3. The highest BCUT2D eigenvalue weighted by Gasteiger charge is 2.11. The minimum Gasteiger partial charge on any atom is -0.332 e. The number of benzene rings is 3. The van der Waals surface area contributed by atoms with Crippen LogP contribution < -0.4 is 10.7 Å². The second-order valence-electron chi connectivity index (χ2n) is 8.95. The summed E-state index contributed by atoms with van der Waals surface area (Å²) < 4.78 is 2.11. The minimum absolute atomic E-state index is 0.281. The van der Waals surface area contributed by atoms with E-state index in [1.807, 2.05) is 73.8 Å². The van der Waals surface area contributed by atoms with E-state index in [0.717, 1.165) is 44.7 Å². The number of aromatic nitrogens is 2. The molecule has 2 N–H and O–H groups in total. The Morgan fingerprint density at radius 3 is 2.50 bits per heavy atom. The summed E-state index contributed by atoms with van der Waals surface area (Å²) in [6, 6.07) is 25.2. The van der Waals surface area contributed by atoms with E-state index in [9.17, 15) is 4.79 Å². The number of halogens is 1. The highest BCUT2D eigenvalue weighted by atomic mass is 35.5. The number of hydrogen-bond acceptors (Lipinski definition) is 5. The first-order valence-electron chi connectivity index (χ1n) is 12.1. The second kappa shape index (κ2) is 11.0. The molecule has 190 valence electrons. The van der Waals surface area contributed by atoms with Crippen molar-refractivity contribution in [3.8, 4) is 16.9 Å². The molecule has 5 aromatic rings. The fraction of sp³-hybridized carbons (Fsp3) is 0.100. The van der Waals surface area contributed by atoms with E-state index in [0.29, 0.717) is 10.6 Å². The summed E-state index contributed by atoms with van der Waals surface area (Å²) in [6.45, 7) is 6.09. The number of amides is 1. The minimum atomic E-state index is -0.281. The number of carbonyl (C=O) groups excluding carboxylic acids is 1. The molecule has 0 radical (unpaired) electrons. The molecule has 0 saturated heterocycles. The summed E-state index contributed by atoms with van der Waals surface area (Å²) in [7, 11) is 0. The molecule has 0 spiro atoms. The molecule has 0 aliphatic rings. The Labute approximate surface area is 230 Å². The van der Waals surface area contributed by atoms with Gasteiger partial charge in [-0.15, -0.1) is 11.3 Å². The summed E-state index contributed by atoms with van der Waals surface area (Å²) in [5.41, 5.74) is 11.1. The van der Waals surface area contributed by atoms with Gasteiger partial charge in [0, 0.05) is 49.9 Å². The zero-order valence-electron chi connectivity index (χ0n) is 21.2. The van der Waals surface area contributed by atoms with Crippen molar-refractivity contribution < 1.29 is 4.79 Å². The number of hydrogen-bond donors (Lipinski definition) is 2. The van der Waals surface area contributed by atoms with Gasteiger partial charge in [-0.25, -0.2) is 10.4 Å². The molecule has 5 rings (SSSR count). The molecule has 0 fully saturated rings. The number of nitrogens with one attached hydrogen (secondary N) is 2. The smallest absolute Gasteiger partial charge is 0.271 e. The van der Waals surface area contributed by atoms with Crippen LogP contribution in [0.4, 0.5) is 10.8 Å². The topological polar surface area (TPSA) is 71.3 Å². The first-order chi connectivity index (χ1) is 18.4. The normalized spacial score (nSPS) is 11.2. The SMILES string of the molecule is Cc1ccc(Nc2nc(-c3ccc(C(=O)N/N=C\c4cc(C)n(-c5cccc(Cl)c5)c4C)cc3)cs2)cc1. The van der Waals surface area contributed by atoms with Crippen LogP contribution in [0.1, 0.15) is 32.9 Å². The van der Waals surface area contributed by atoms with Gasteiger partial charge >= 0.3 is 0 Å². The molecule has 0 atom stereocenters. The van der Waals surface area contributed by atoms with Crippen molar-refractivity contribution in [2.24, 2.45) is 5.10 Å². The van der Waals surface area contributed by atoms with Crippen LogP contribution in [0.25, 0.3) is 16.9 Å². The maximum atomic E-state index is 12.7. The predicted molar refractivity (Wildman–Crippen MR) is 157 cm³/mol. The van der Waals surface area contributed by atoms with Crippen molar-refractivity contribution in [3.05, 3.63) is 117 Å². The van der Waals surface area contributed by atoms with Gasteiger partial charge in [-0.2, -0.15) is 5.10 Å². The maximum Gasteiger partial charge on any atom is 0.271 e. The van der Waals surface area contributed by atoms with Crippen LogP contribution in [0.3, 0.4) is 0 Å². The number of thiazole rings is 1. The number of rotatable bonds is 7. The van der Waals surface area contributed by atoms with Crippen molar-refractivity contribution in [2.45, 2.75) is 20.8 Å². The lowest BCUT2D eigenvalue weighted by Gasteiger charge is -2.09. The largest absolute Gasteiger partial charge is 0.332 e. The fourth-order valence-corrected chi connectivity index (χ4v) is 5.10. The predicted octanol–water partition coefficient (Wildman–Crippen LogP) is 7.69. The molecule has 3 aromatic carbocycles. The molecule has 0 aliphatic carbocycles. The first-order valence-corrected chi connectivity index (χ1v) is 13.3. The van der Waals surface area contributed by atoms with E-state index in [1.54, 1.807) is 18.3 Å². The van der Waals surface area contributed by atoms with E-state index >= 15 is 0 Å². The fourth-order valence-electron chi connectivity index (χ4n) is 4.17. The van der Waals surface area contributed by atoms with Gasteiger partial charge in [-0.05, 0) is 69.3 Å². The van der Waals surface area contributed by atoms with Crippen molar-refractivity contribution in [2.75, 3.05) is 5.32 Å². The molecular formula is C30H26ClN5OS. The summed E-state index contributed by atoms with van der Waals surface area (Å²) in [4.78, 5) is 17.3. The number of carbonyl (C=O) groups is 1. The third-order valence-electron chi connectivity index (χ3n) is 6.16. The standard InChI is InChI=1S/C30H26ClN5OS/c1-19-7-13-26(14-8-19)33-30-34-28(18-38-30)22-9-11-23(12-10-22)29(37)35-32-17-24-15-20(2)36(21(24)3)27-6-4-5-25(31)16-27/h4-18H,1-3H3,(H,33,34)(H,35,37)/b32-17-. The number of anilines is 2. The Hall–Kier alpha value is -4.20. The summed E-state index contributed by atoms with van der Waals surface area (Å²) in [6.07, 6.45) is 1.66. The summed E-state index contributed by atoms with van der Waals surface area (Å²) >= 11 is 7.71. The van der Waals surface area contributed by atoms with Crippen LogP contribution in [0.15, 0.2) is 89.3 Å². The summed E-state index contributed by atoms with van der Waals surface area (Å²) in [5, 5.41) is 11.0. The average molecular weight is 540 g/mol. The molecule has 0 saturated carbocycles. The third-order valence-corrected chi connectivity index (χ3v) is 7.15. The van der Waals surface area contributed by atoms with Gasteiger partial charge in [0.15, 0.2) is 5.13 Å². The molecular weight excluding hydrogens is 514 g/mol. The molecule has 38 heavy (non-hydrogen) atoms. The van der Waals surface area contributed by atoms with Crippen LogP contribution >= 0.6 is 22.9 Å². The Bertz CT molecular complexity index is 1620. The monoisotopic (exact) mass is 539 g/mol. The lowest BCUT2D eigenvalue weighted by atomic mass is 10.1. The molecule has 0 bridgehead atoms. The quantitative estimate of drug-likeness (QED) is 0.164. The van der Waals surface area contributed by atoms with E-state index in [4.69, 9.17) is 11.6 Å². The van der Waals surface area contributed by atoms with Crippen molar-refractivity contribution >= 4 is 45.9 Å². The van der Waals surface area contributed by atoms with Gasteiger partial charge in [-0.3, -0.25) is 4.79 Å². The van der Waals surface area contributed by atoms with E-state index in [2.05, 4.69) is 44.5 Å². The van der Waals surface area contributed by atoms with Gasteiger partial charge in [0.05, 0.1) is 11.9 Å². The molecule has 1 amide bonds. The van der Waals surface area contributed by atoms with Crippen molar-refractivity contribution in [1.82, 2.24) is 15.0 Å². The van der Waals surface area contributed by atoms with Crippen molar-refractivity contribution in [3.63, 3.8) is 0 Å². The van der Waals surface area contributed by atoms with Crippen molar-refractivity contribution in [1.29, 1.82) is 0 Å². The van der Waals surface area contributed by atoms with Gasteiger partial charge in [0.1, 0.15) is 0 Å². The van der Waals surface area contributed by atoms with Gasteiger partial charge in [-0.1, -0.05) is 47.5 Å². The molecule has 2 aromatic heterocycles. The second-order valence-corrected chi connectivity index (χ2v) is 10.2. The maximum absolute atomic E-state index is 12.7. The average Bonchev–Trinajstić information content (AvgIpc) is 3.49. The molecule has 6 nitrogen and oxygen atoms in total. The van der Waals surface area contributed by atoms with E-state index < -0.39 is 0 Å². The number of hydrazone groups is 1. The molecule has 2 heterocycles. The highest BCUT2D eigenvalue weighted by molar-refractivity contribution is 7.14. The van der Waals surface area contributed by atoms with E-state index in [-0.39, 0.29) is 5.91 Å². The van der Waals surface area contributed by atoms with Crippen LogP contribution in [0.2, 0.25) is 5.02 Å². The zero-order valence-corrected chi connectivity index (χ0v) is 22.8. The highest BCUT2D eigenvalue weighted by Crippen LogP contribution is 2.27. The van der Waals surface area contributed by atoms with Gasteiger partial charge < -0.3 is 9.88 Å². The lowest BCUT2D eigenvalue weighted by Crippen LogP contribution is -2.17. The first kappa shape index (κ1) is 25.4. The molecule has 0 aliphatic heterocycles. The zero-order chi connectivity index (χ0) is 26.6. The summed E-state index contributed by atoms with van der Waals surface area (Å²) in [5.74, 6) is -0.281. The Kier molecular flexibility index (Phi) is 7.40. The van der Waals surface area contributed by atoms with Gasteiger partial charge in [0.2, 0.25) is 0 Å². The lowest BCUT2D eigenvalue weighted by molar-refractivity contribution is 0.0955. The van der Waals surface area contributed by atoms with E-state index in [1.165, 1.54) is 16.9 Å². The third kappa shape index (κ3) is 5.69. The van der Waals surface area contributed by atoms with Crippen LogP contribution in [-0.2, 0) is 0 Å². The van der Waals surface area contributed by atoms with Gasteiger partial charge in [0.25, 0.3) is 5.91 Å². The number of aryl methyl sites for hydroxylation is 2. The van der Waals surface area contributed by atoms with Crippen LogP contribution in [0, 0.1) is 20.8 Å². The van der Waals surface area contributed by atoms with Crippen LogP contribution in [-0.4, -0.2) is 21.7 Å².